The highest BCUT2D eigenvalue weighted by Gasteiger charge is 2.62. The van der Waals surface area contributed by atoms with Crippen LogP contribution in [0.1, 0.15) is 75.6 Å². The Kier molecular flexibility index (Phi) is 7.32. The number of hydrogen-bond donors (Lipinski definition) is 1. The van der Waals surface area contributed by atoms with Gasteiger partial charge in [-0.3, -0.25) is 4.79 Å². The molecule has 0 saturated heterocycles. The largest absolute Gasteiger partial charge is 0.456 e. The molecule has 9 atom stereocenters. The molecule has 4 aliphatic rings. The number of hydrogen-bond acceptors (Lipinski definition) is 6. The highest BCUT2D eigenvalue weighted by Crippen LogP contribution is 2.67. The van der Waals surface area contributed by atoms with E-state index in [1.165, 1.54) is 6.42 Å². The molecule has 1 N–H and O–H groups in total. The maximum Gasteiger partial charge on any atom is 0.338 e. The van der Waals surface area contributed by atoms with E-state index in [4.69, 9.17) is 14.2 Å². The number of ketones is 1. The molecule has 0 aliphatic heterocycles. The van der Waals surface area contributed by atoms with E-state index in [-0.39, 0.29) is 54.1 Å². The van der Waals surface area contributed by atoms with Crippen molar-refractivity contribution in [2.45, 2.75) is 77.4 Å². The highest BCUT2D eigenvalue weighted by atomic mass is 16.7. The van der Waals surface area contributed by atoms with Crippen molar-refractivity contribution in [2.24, 2.45) is 40.4 Å². The van der Waals surface area contributed by atoms with E-state index < -0.39 is 0 Å². The predicted octanol–water partition coefficient (Wildman–Crippen LogP) is 5.03. The Morgan fingerprint density at radius 3 is 2.44 bits per heavy atom. The lowest BCUT2D eigenvalue weighted by atomic mass is 9.44. The topological polar surface area (TPSA) is 82.1 Å². The fraction of sp³-hybridized carbons (Fsp3) is 0.733. The molecule has 0 spiro atoms. The lowest BCUT2D eigenvalue weighted by Gasteiger charge is -2.61. The molecule has 36 heavy (non-hydrogen) atoms. The van der Waals surface area contributed by atoms with Gasteiger partial charge in [0, 0.05) is 13.0 Å². The van der Waals surface area contributed by atoms with Crippen LogP contribution in [0.15, 0.2) is 30.3 Å². The Morgan fingerprint density at radius 1 is 0.972 bits per heavy atom. The Hall–Kier alpha value is -1.76. The van der Waals surface area contributed by atoms with Crippen LogP contribution in [0.2, 0.25) is 0 Å². The minimum atomic E-state index is -0.335. The molecule has 0 heterocycles. The molecule has 198 valence electrons. The number of esters is 1. The molecule has 1 aromatic rings. The van der Waals surface area contributed by atoms with Gasteiger partial charge in [-0.1, -0.05) is 32.0 Å². The van der Waals surface area contributed by atoms with Crippen LogP contribution in [0.4, 0.5) is 0 Å². The molecule has 6 heteroatoms. The number of ether oxygens (including phenoxy) is 3. The Balaban J connectivity index is 1.38. The molecule has 4 fully saturated rings. The highest BCUT2D eigenvalue weighted by molar-refractivity contribution is 5.89. The molecule has 0 amide bonds. The fourth-order valence-corrected chi connectivity index (χ4v) is 9.10. The minimum Gasteiger partial charge on any atom is -0.456 e. The maximum absolute atomic E-state index is 13.0. The molecule has 5 rings (SSSR count). The van der Waals surface area contributed by atoms with Gasteiger partial charge in [0.15, 0.2) is 5.78 Å². The van der Waals surface area contributed by atoms with Crippen molar-refractivity contribution in [3.05, 3.63) is 35.9 Å². The van der Waals surface area contributed by atoms with Crippen LogP contribution < -0.4 is 0 Å². The van der Waals surface area contributed by atoms with Crippen molar-refractivity contribution in [3.8, 4) is 0 Å². The Bertz CT molecular complexity index is 948. The monoisotopic (exact) mass is 498 g/mol. The predicted molar refractivity (Wildman–Crippen MR) is 135 cm³/mol. The molecule has 0 unspecified atom stereocenters. The standard InChI is InChI=1S/C30H42O6/c1-29-14-13-23-21(22(29)11-12-24(29)25(32)17-31)10-9-20-15-26(35-18-34-3)27(16-30(20,23)2)36-28(33)19-7-5-4-6-8-19/h4-8,20-24,26-27,31H,9-18H2,1-3H3/t20-,21-,22-,23-,24+,26-,27-,29-,30-/m0/s1. The van der Waals surface area contributed by atoms with Gasteiger partial charge in [-0.2, -0.15) is 0 Å². The van der Waals surface area contributed by atoms with E-state index >= 15 is 0 Å². The summed E-state index contributed by atoms with van der Waals surface area (Å²) in [6.45, 7) is 4.60. The first-order valence-corrected chi connectivity index (χ1v) is 13.8. The second-order valence-electron chi connectivity index (χ2n) is 12.3. The molecular weight excluding hydrogens is 456 g/mol. The fourth-order valence-electron chi connectivity index (χ4n) is 9.10. The van der Waals surface area contributed by atoms with Crippen LogP contribution in [-0.4, -0.2) is 49.6 Å². The van der Waals surface area contributed by atoms with Gasteiger partial charge in [0.05, 0.1) is 11.7 Å². The third-order valence-electron chi connectivity index (χ3n) is 10.9. The van der Waals surface area contributed by atoms with Gasteiger partial charge in [0.1, 0.15) is 19.5 Å². The van der Waals surface area contributed by atoms with Gasteiger partial charge in [0.2, 0.25) is 0 Å². The normalized spacial score (nSPS) is 41.6. The molecule has 1 aromatic carbocycles. The Morgan fingerprint density at radius 2 is 1.72 bits per heavy atom. The van der Waals surface area contributed by atoms with Crippen molar-refractivity contribution in [1.29, 1.82) is 0 Å². The number of carbonyl (C=O) groups is 2. The van der Waals surface area contributed by atoms with Gasteiger partial charge in [0.25, 0.3) is 0 Å². The SMILES string of the molecule is COCO[C@H]1C[C@@H]2CC[C@@H]3[C@H](CC[C@]4(C)[C@@H](C(=O)CO)CC[C@@H]34)[C@@]2(C)C[C@@H]1OC(=O)c1ccccc1. The van der Waals surface area contributed by atoms with Crippen LogP contribution in [-0.2, 0) is 19.0 Å². The number of rotatable bonds is 7. The average molecular weight is 499 g/mol. The van der Waals surface area contributed by atoms with E-state index in [1.807, 2.05) is 18.2 Å². The van der Waals surface area contributed by atoms with Gasteiger partial charge in [-0.25, -0.2) is 4.79 Å². The van der Waals surface area contributed by atoms with E-state index in [2.05, 4.69) is 13.8 Å². The lowest BCUT2D eigenvalue weighted by molar-refractivity contribution is -0.190. The Labute approximate surface area is 215 Å². The van der Waals surface area contributed by atoms with Crippen LogP contribution >= 0.6 is 0 Å². The number of Topliss-reactive ketones (excluding diaryl/α,β-unsaturated/α-hetero) is 1. The summed E-state index contributed by atoms with van der Waals surface area (Å²) in [7, 11) is 1.62. The van der Waals surface area contributed by atoms with E-state index in [0.29, 0.717) is 29.2 Å². The first-order chi connectivity index (χ1) is 17.3. The molecule has 4 saturated carbocycles. The van der Waals surface area contributed by atoms with Crippen molar-refractivity contribution in [1.82, 2.24) is 0 Å². The summed E-state index contributed by atoms with van der Waals surface area (Å²) in [5.41, 5.74) is 0.635. The number of methoxy groups -OCH3 is 1. The number of carbonyl (C=O) groups excluding carboxylic acids is 2. The second-order valence-corrected chi connectivity index (χ2v) is 12.3. The van der Waals surface area contributed by atoms with E-state index in [1.54, 1.807) is 19.2 Å². The number of fused-ring (bicyclic) bond motifs is 5. The minimum absolute atomic E-state index is 0.00211. The van der Waals surface area contributed by atoms with Crippen molar-refractivity contribution < 1.29 is 28.9 Å². The quantitative estimate of drug-likeness (QED) is 0.419. The third kappa shape index (κ3) is 4.33. The smallest absolute Gasteiger partial charge is 0.338 e. The van der Waals surface area contributed by atoms with Crippen molar-refractivity contribution in [3.63, 3.8) is 0 Å². The van der Waals surface area contributed by atoms with Crippen molar-refractivity contribution in [2.75, 3.05) is 20.5 Å². The van der Waals surface area contributed by atoms with Crippen LogP contribution in [0, 0.1) is 40.4 Å². The van der Waals surface area contributed by atoms with Gasteiger partial charge >= 0.3 is 5.97 Å². The molecule has 6 nitrogen and oxygen atoms in total. The number of aliphatic hydroxyl groups is 1. The summed E-state index contributed by atoms with van der Waals surface area (Å²) < 4.78 is 17.5. The molecule has 0 radical (unpaired) electrons. The number of benzene rings is 1. The van der Waals surface area contributed by atoms with Gasteiger partial charge in [-0.05, 0) is 98.0 Å². The van der Waals surface area contributed by atoms with Crippen molar-refractivity contribution >= 4 is 11.8 Å². The van der Waals surface area contributed by atoms with E-state index in [0.717, 1.165) is 44.9 Å². The molecule has 0 bridgehead atoms. The molecule has 4 aliphatic carbocycles. The summed E-state index contributed by atoms with van der Waals surface area (Å²) in [5, 5.41) is 9.59. The van der Waals surface area contributed by atoms with Gasteiger partial charge in [-0.15, -0.1) is 0 Å². The van der Waals surface area contributed by atoms with Gasteiger partial charge < -0.3 is 19.3 Å². The molecular formula is C30H42O6. The lowest BCUT2D eigenvalue weighted by Crippen LogP contribution is -2.57. The zero-order valence-electron chi connectivity index (χ0n) is 22.0. The number of aliphatic hydroxyl groups excluding tert-OH is 1. The third-order valence-corrected chi connectivity index (χ3v) is 10.9. The van der Waals surface area contributed by atoms with Crippen LogP contribution in [0.25, 0.3) is 0 Å². The zero-order valence-corrected chi connectivity index (χ0v) is 22.0. The molecule has 0 aromatic heterocycles. The second kappa shape index (κ2) is 10.2. The zero-order chi connectivity index (χ0) is 25.5. The first kappa shape index (κ1) is 25.9. The maximum atomic E-state index is 13.0. The summed E-state index contributed by atoms with van der Waals surface area (Å²) >= 11 is 0. The summed E-state index contributed by atoms with van der Waals surface area (Å²) in [6.07, 6.45) is 7.67. The first-order valence-electron chi connectivity index (χ1n) is 13.8. The summed E-state index contributed by atoms with van der Waals surface area (Å²) in [5.74, 6) is 1.93. The summed E-state index contributed by atoms with van der Waals surface area (Å²) in [4.78, 5) is 25.6. The average Bonchev–Trinajstić information content (AvgIpc) is 3.24. The summed E-state index contributed by atoms with van der Waals surface area (Å²) in [6, 6.07) is 9.20. The van der Waals surface area contributed by atoms with E-state index in [9.17, 15) is 14.7 Å². The van der Waals surface area contributed by atoms with Crippen LogP contribution in [0.5, 0.6) is 0 Å². The van der Waals surface area contributed by atoms with Crippen LogP contribution in [0.3, 0.4) is 0 Å².